The lowest BCUT2D eigenvalue weighted by Crippen LogP contribution is -2.36. The van der Waals surface area contributed by atoms with Gasteiger partial charge in [0, 0.05) is 23.7 Å². The van der Waals surface area contributed by atoms with Gasteiger partial charge in [-0.05, 0) is 38.7 Å². The summed E-state index contributed by atoms with van der Waals surface area (Å²) in [5, 5.41) is 22.8. The van der Waals surface area contributed by atoms with Crippen LogP contribution in [0.1, 0.15) is 57.6 Å². The molecule has 1 aliphatic carbocycles. The molecule has 1 fully saturated rings. The van der Waals surface area contributed by atoms with Crippen LogP contribution in [0, 0.1) is 5.92 Å². The van der Waals surface area contributed by atoms with Gasteiger partial charge in [-0.2, -0.15) is 0 Å². The maximum absolute atomic E-state index is 9.88. The highest BCUT2D eigenvalue weighted by atomic mass is 16.3. The summed E-state index contributed by atoms with van der Waals surface area (Å²) in [6, 6.07) is 5.37. The van der Waals surface area contributed by atoms with Crippen molar-refractivity contribution in [3.8, 4) is 11.5 Å². The maximum atomic E-state index is 9.88. The molecule has 0 aromatic heterocycles. The Labute approximate surface area is 115 Å². The van der Waals surface area contributed by atoms with Crippen LogP contribution in [0.4, 0.5) is 0 Å². The number of rotatable bonds is 4. The van der Waals surface area contributed by atoms with Gasteiger partial charge < -0.3 is 15.5 Å². The first-order valence-electron chi connectivity index (χ1n) is 7.36. The van der Waals surface area contributed by atoms with Gasteiger partial charge in [-0.1, -0.05) is 25.3 Å². The Morgan fingerprint density at radius 1 is 1.11 bits per heavy atom. The van der Waals surface area contributed by atoms with Crippen molar-refractivity contribution in [3.63, 3.8) is 0 Å². The Morgan fingerprint density at radius 3 is 2.42 bits per heavy atom. The molecule has 1 saturated carbocycles. The summed E-state index contributed by atoms with van der Waals surface area (Å²) in [5.41, 5.74) is 0.848. The van der Waals surface area contributed by atoms with Gasteiger partial charge in [0.25, 0.3) is 0 Å². The molecule has 3 N–H and O–H groups in total. The Balaban J connectivity index is 1.97. The molecule has 0 spiro atoms. The third kappa shape index (κ3) is 3.63. The molecule has 2 atom stereocenters. The molecule has 1 aliphatic rings. The lowest BCUT2D eigenvalue weighted by molar-refractivity contribution is 0.267. The van der Waals surface area contributed by atoms with Gasteiger partial charge in [0.05, 0.1) is 0 Å². The number of phenolic OH excluding ortho intramolecular Hbond substituents is 2. The van der Waals surface area contributed by atoms with Gasteiger partial charge in [-0.3, -0.25) is 0 Å². The van der Waals surface area contributed by atoms with E-state index in [9.17, 15) is 10.2 Å². The van der Waals surface area contributed by atoms with Crippen LogP contribution in [0.2, 0.25) is 0 Å². The van der Waals surface area contributed by atoms with E-state index in [1.807, 2.05) is 0 Å². The van der Waals surface area contributed by atoms with E-state index < -0.39 is 0 Å². The summed E-state index contributed by atoms with van der Waals surface area (Å²) in [5.74, 6) is 1.01. The molecule has 19 heavy (non-hydrogen) atoms. The van der Waals surface area contributed by atoms with E-state index in [-0.39, 0.29) is 17.5 Å². The average molecular weight is 263 g/mol. The van der Waals surface area contributed by atoms with E-state index in [1.165, 1.54) is 38.2 Å². The van der Waals surface area contributed by atoms with E-state index in [2.05, 4.69) is 19.2 Å². The monoisotopic (exact) mass is 263 g/mol. The highest BCUT2D eigenvalue weighted by molar-refractivity contribution is 5.40. The largest absolute Gasteiger partial charge is 0.508 e. The predicted octanol–water partition coefficient (Wildman–Crippen LogP) is 3.72. The van der Waals surface area contributed by atoms with E-state index in [0.717, 1.165) is 11.5 Å². The fourth-order valence-corrected chi connectivity index (χ4v) is 3.15. The summed E-state index contributed by atoms with van der Waals surface area (Å²) < 4.78 is 0. The van der Waals surface area contributed by atoms with E-state index in [4.69, 9.17) is 0 Å². The van der Waals surface area contributed by atoms with Gasteiger partial charge in [-0.15, -0.1) is 0 Å². The summed E-state index contributed by atoms with van der Waals surface area (Å²) in [6.07, 6.45) is 6.67. The lowest BCUT2D eigenvalue weighted by Gasteiger charge is -2.31. The minimum absolute atomic E-state index is 0.0949. The molecule has 3 heteroatoms. The van der Waals surface area contributed by atoms with E-state index in [1.54, 1.807) is 12.1 Å². The van der Waals surface area contributed by atoms with Crippen molar-refractivity contribution in [2.75, 3.05) is 0 Å². The first-order valence-corrected chi connectivity index (χ1v) is 7.36. The number of benzene rings is 1. The molecule has 0 radical (unpaired) electrons. The minimum Gasteiger partial charge on any atom is -0.508 e. The number of phenols is 2. The van der Waals surface area contributed by atoms with Gasteiger partial charge in [0.15, 0.2) is 0 Å². The molecule has 1 aromatic carbocycles. The van der Waals surface area contributed by atoms with Crippen molar-refractivity contribution in [3.05, 3.63) is 23.8 Å². The van der Waals surface area contributed by atoms with Crippen LogP contribution in [0.25, 0.3) is 0 Å². The molecular weight excluding hydrogens is 238 g/mol. The summed E-state index contributed by atoms with van der Waals surface area (Å²) in [6.45, 7) is 4.30. The quantitative estimate of drug-likeness (QED) is 0.776. The van der Waals surface area contributed by atoms with Crippen molar-refractivity contribution in [1.82, 2.24) is 5.32 Å². The Hall–Kier alpha value is -1.22. The zero-order valence-corrected chi connectivity index (χ0v) is 11.9. The molecule has 1 unspecified atom stereocenters. The normalized spacial score (nSPS) is 20.1. The summed E-state index contributed by atoms with van der Waals surface area (Å²) in [7, 11) is 0. The SMILES string of the molecule is CC(N[C@@H](C)C1CCCCC1)c1ccc(O)cc1O. The molecule has 3 nitrogen and oxygen atoms in total. The second-order valence-electron chi connectivity index (χ2n) is 5.82. The molecule has 0 saturated heterocycles. The first kappa shape index (κ1) is 14.2. The molecule has 0 aliphatic heterocycles. The van der Waals surface area contributed by atoms with Crippen molar-refractivity contribution in [1.29, 1.82) is 0 Å². The smallest absolute Gasteiger partial charge is 0.124 e. The van der Waals surface area contributed by atoms with Crippen LogP contribution in [0.3, 0.4) is 0 Å². The van der Waals surface area contributed by atoms with Crippen LogP contribution in [0.5, 0.6) is 11.5 Å². The van der Waals surface area contributed by atoms with E-state index in [0.29, 0.717) is 6.04 Å². The van der Waals surface area contributed by atoms with Gasteiger partial charge >= 0.3 is 0 Å². The topological polar surface area (TPSA) is 52.5 Å². The second-order valence-corrected chi connectivity index (χ2v) is 5.82. The Morgan fingerprint density at radius 2 is 1.79 bits per heavy atom. The summed E-state index contributed by atoms with van der Waals surface area (Å²) in [4.78, 5) is 0. The highest BCUT2D eigenvalue weighted by Crippen LogP contribution is 2.31. The Kier molecular flexibility index (Phi) is 4.70. The number of hydrogen-bond donors (Lipinski definition) is 3. The van der Waals surface area contributed by atoms with Gasteiger partial charge in [-0.25, -0.2) is 0 Å². The van der Waals surface area contributed by atoms with Crippen LogP contribution in [0.15, 0.2) is 18.2 Å². The zero-order chi connectivity index (χ0) is 13.8. The summed E-state index contributed by atoms with van der Waals surface area (Å²) >= 11 is 0. The predicted molar refractivity (Wildman–Crippen MR) is 77.4 cm³/mol. The first-order chi connectivity index (χ1) is 9.08. The maximum Gasteiger partial charge on any atom is 0.124 e. The lowest BCUT2D eigenvalue weighted by atomic mass is 9.84. The highest BCUT2D eigenvalue weighted by Gasteiger charge is 2.22. The third-order valence-electron chi connectivity index (χ3n) is 4.35. The third-order valence-corrected chi connectivity index (χ3v) is 4.35. The van der Waals surface area contributed by atoms with Crippen LogP contribution in [-0.4, -0.2) is 16.3 Å². The number of aromatic hydroxyl groups is 2. The fraction of sp³-hybridized carbons (Fsp3) is 0.625. The molecule has 0 heterocycles. The average Bonchev–Trinajstić information content (AvgIpc) is 2.39. The van der Waals surface area contributed by atoms with Crippen LogP contribution in [-0.2, 0) is 0 Å². The molecular formula is C16H25NO2. The van der Waals surface area contributed by atoms with Crippen LogP contribution >= 0.6 is 0 Å². The Bertz CT molecular complexity index is 413. The number of hydrogen-bond acceptors (Lipinski definition) is 3. The van der Waals surface area contributed by atoms with Crippen molar-refractivity contribution < 1.29 is 10.2 Å². The molecule has 0 bridgehead atoms. The van der Waals surface area contributed by atoms with Crippen LogP contribution < -0.4 is 5.32 Å². The molecule has 1 aromatic rings. The van der Waals surface area contributed by atoms with E-state index >= 15 is 0 Å². The number of nitrogens with one attached hydrogen (secondary N) is 1. The molecule has 106 valence electrons. The van der Waals surface area contributed by atoms with Crippen molar-refractivity contribution >= 4 is 0 Å². The second kappa shape index (κ2) is 6.29. The minimum atomic E-state index is 0.0949. The zero-order valence-electron chi connectivity index (χ0n) is 11.9. The standard InChI is InChI=1S/C16H25NO2/c1-11(13-6-4-3-5-7-13)17-12(2)15-9-8-14(18)10-16(15)19/h8-13,17-19H,3-7H2,1-2H3/t11-,12?/m0/s1. The van der Waals surface area contributed by atoms with Crippen molar-refractivity contribution in [2.24, 2.45) is 5.92 Å². The molecule has 2 rings (SSSR count). The van der Waals surface area contributed by atoms with Gasteiger partial charge in [0.2, 0.25) is 0 Å². The molecule has 0 amide bonds. The fourth-order valence-electron chi connectivity index (χ4n) is 3.15. The van der Waals surface area contributed by atoms with Crippen molar-refractivity contribution in [2.45, 2.75) is 58.0 Å². The van der Waals surface area contributed by atoms with Gasteiger partial charge in [0.1, 0.15) is 11.5 Å².